The Kier molecular flexibility index (Phi) is 9.35. The molecule has 1 atom stereocenters. The number of ether oxygens (including phenoxy) is 1. The van der Waals surface area contributed by atoms with Crippen LogP contribution in [-0.4, -0.2) is 39.6 Å². The van der Waals surface area contributed by atoms with Crippen LogP contribution in [0, 0.1) is 17.6 Å². The predicted octanol–water partition coefficient (Wildman–Crippen LogP) is 4.21. The van der Waals surface area contributed by atoms with Crippen molar-refractivity contribution in [3.63, 3.8) is 0 Å². The molecule has 1 unspecified atom stereocenters. The SMILES string of the molecule is CC(C)C(NC(=O)Cn1c(-c2cc(F)cc(F)c2)ncc(NC(=O)OCc2ccccc2)c1=O)C(=O)C(F)(F)F. The minimum atomic E-state index is -5.24. The molecule has 0 aliphatic carbocycles. The van der Waals surface area contributed by atoms with Gasteiger partial charge in [-0.05, 0) is 23.6 Å². The van der Waals surface area contributed by atoms with Crippen LogP contribution in [0.15, 0.2) is 59.5 Å². The van der Waals surface area contributed by atoms with Crippen LogP contribution in [-0.2, 0) is 27.5 Å². The molecule has 2 N–H and O–H groups in total. The van der Waals surface area contributed by atoms with Crippen molar-refractivity contribution >= 4 is 23.5 Å². The molecule has 0 aliphatic rings. The van der Waals surface area contributed by atoms with Crippen molar-refractivity contribution in [1.82, 2.24) is 14.9 Å². The molecule has 1 heterocycles. The predicted molar refractivity (Wildman–Crippen MR) is 132 cm³/mol. The fourth-order valence-electron chi connectivity index (χ4n) is 3.58. The van der Waals surface area contributed by atoms with Gasteiger partial charge in [-0.1, -0.05) is 44.2 Å². The van der Waals surface area contributed by atoms with Gasteiger partial charge in [0.15, 0.2) is 0 Å². The first-order valence-corrected chi connectivity index (χ1v) is 11.7. The summed E-state index contributed by atoms with van der Waals surface area (Å²) >= 11 is 0. The first kappa shape index (κ1) is 29.9. The van der Waals surface area contributed by atoms with Gasteiger partial charge in [-0.2, -0.15) is 13.2 Å². The third-order valence-electron chi connectivity index (χ3n) is 5.46. The lowest BCUT2D eigenvalue weighted by Crippen LogP contribution is -2.51. The van der Waals surface area contributed by atoms with E-state index in [9.17, 15) is 41.1 Å². The van der Waals surface area contributed by atoms with E-state index in [2.05, 4.69) is 10.3 Å². The number of rotatable bonds is 9. The van der Waals surface area contributed by atoms with Crippen LogP contribution in [0.4, 0.5) is 32.4 Å². The molecular weight excluding hydrogens is 543 g/mol. The van der Waals surface area contributed by atoms with Crippen LogP contribution in [0.25, 0.3) is 11.4 Å². The van der Waals surface area contributed by atoms with E-state index in [-0.39, 0.29) is 12.2 Å². The molecule has 1 aromatic heterocycles. The van der Waals surface area contributed by atoms with Gasteiger partial charge >= 0.3 is 12.3 Å². The minimum absolute atomic E-state index is 0.152. The molecule has 14 heteroatoms. The number of benzene rings is 2. The third kappa shape index (κ3) is 7.71. The highest BCUT2D eigenvalue weighted by molar-refractivity contribution is 5.93. The molecule has 0 spiro atoms. The van der Waals surface area contributed by atoms with Crippen molar-refractivity contribution in [1.29, 1.82) is 0 Å². The topological polar surface area (TPSA) is 119 Å². The molecule has 2 aromatic carbocycles. The quantitative estimate of drug-likeness (QED) is 0.375. The van der Waals surface area contributed by atoms with Crippen molar-refractivity contribution in [2.75, 3.05) is 5.32 Å². The van der Waals surface area contributed by atoms with Gasteiger partial charge in [-0.15, -0.1) is 0 Å². The summed E-state index contributed by atoms with van der Waals surface area (Å²) in [5, 5.41) is 4.10. The fraction of sp³-hybridized carbons (Fsp3) is 0.269. The Hall–Kier alpha value is -4.62. The Morgan fingerprint density at radius 3 is 2.23 bits per heavy atom. The van der Waals surface area contributed by atoms with Crippen LogP contribution < -0.4 is 16.2 Å². The monoisotopic (exact) mass is 566 g/mol. The maximum Gasteiger partial charge on any atom is 0.452 e. The number of carbonyl (C=O) groups excluding carboxylic acids is 3. The maximum absolute atomic E-state index is 13.9. The number of amides is 2. The fourth-order valence-corrected chi connectivity index (χ4v) is 3.58. The number of anilines is 1. The Morgan fingerprint density at radius 2 is 1.65 bits per heavy atom. The van der Waals surface area contributed by atoms with E-state index >= 15 is 0 Å². The number of halogens is 5. The van der Waals surface area contributed by atoms with Crippen LogP contribution in [0.1, 0.15) is 19.4 Å². The van der Waals surface area contributed by atoms with Crippen molar-refractivity contribution in [3.8, 4) is 11.4 Å². The number of alkyl halides is 3. The first-order chi connectivity index (χ1) is 18.8. The van der Waals surface area contributed by atoms with Crippen LogP contribution in [0.5, 0.6) is 0 Å². The molecule has 3 aromatic rings. The van der Waals surface area contributed by atoms with E-state index in [1.54, 1.807) is 30.3 Å². The molecule has 212 valence electrons. The molecule has 2 amide bonds. The standard InChI is InChI=1S/C26H23F5N4O5/c1-14(2)21(22(37)26(29,30)31)34-20(36)12-35-23(16-8-17(27)10-18(28)9-16)32-11-19(24(35)38)33-25(39)40-13-15-6-4-3-5-7-15/h3-11,14,21H,12-13H2,1-2H3,(H,33,39)(H,34,36). The Balaban J connectivity index is 1.93. The Bertz CT molecular complexity index is 1440. The van der Waals surface area contributed by atoms with Gasteiger partial charge in [0, 0.05) is 11.6 Å². The van der Waals surface area contributed by atoms with Gasteiger partial charge in [0.1, 0.15) is 36.3 Å². The number of nitrogens with zero attached hydrogens (tertiary/aromatic N) is 2. The normalized spacial score (nSPS) is 12.1. The molecule has 9 nitrogen and oxygen atoms in total. The average Bonchev–Trinajstić information content (AvgIpc) is 2.87. The second-order valence-corrected chi connectivity index (χ2v) is 8.88. The zero-order chi connectivity index (χ0) is 29.6. The zero-order valence-electron chi connectivity index (χ0n) is 21.1. The van der Waals surface area contributed by atoms with Crippen LogP contribution in [0.3, 0.4) is 0 Å². The number of nitrogens with one attached hydrogen (secondary N) is 2. The number of hydrogen-bond donors (Lipinski definition) is 2. The number of aromatic nitrogens is 2. The van der Waals surface area contributed by atoms with Crippen LogP contribution in [0.2, 0.25) is 0 Å². The Labute approximate surface area is 224 Å². The average molecular weight is 566 g/mol. The van der Waals surface area contributed by atoms with Crippen molar-refractivity contribution in [2.24, 2.45) is 5.92 Å². The van der Waals surface area contributed by atoms with Gasteiger partial charge in [-0.25, -0.2) is 18.6 Å². The third-order valence-corrected chi connectivity index (χ3v) is 5.46. The molecule has 3 rings (SSSR count). The van der Waals surface area contributed by atoms with E-state index in [1.165, 1.54) is 13.8 Å². The van der Waals surface area contributed by atoms with E-state index in [0.717, 1.165) is 18.3 Å². The molecule has 0 radical (unpaired) electrons. The lowest BCUT2D eigenvalue weighted by molar-refractivity contribution is -0.174. The summed E-state index contributed by atoms with van der Waals surface area (Å²) in [6.07, 6.45) is -5.45. The number of Topliss-reactive ketones (excluding diaryl/α,β-unsaturated/α-hetero) is 1. The van der Waals surface area contributed by atoms with Crippen molar-refractivity contribution < 1.29 is 41.1 Å². The van der Waals surface area contributed by atoms with Gasteiger partial charge in [0.25, 0.3) is 11.3 Å². The molecule has 0 saturated heterocycles. The molecule has 0 aliphatic heterocycles. The van der Waals surface area contributed by atoms with Gasteiger partial charge in [0.05, 0.1) is 12.2 Å². The maximum atomic E-state index is 13.9. The second kappa shape index (κ2) is 12.5. The van der Waals surface area contributed by atoms with E-state index < -0.39 is 71.2 Å². The van der Waals surface area contributed by atoms with Gasteiger partial charge < -0.3 is 10.1 Å². The molecule has 40 heavy (non-hydrogen) atoms. The molecule has 0 saturated carbocycles. The molecule has 0 fully saturated rings. The van der Waals surface area contributed by atoms with E-state index in [1.807, 2.05) is 5.32 Å². The number of hydrogen-bond acceptors (Lipinski definition) is 6. The summed E-state index contributed by atoms with van der Waals surface area (Å²) in [6.45, 7) is 1.38. The molecular formula is C26H23F5N4O5. The second-order valence-electron chi connectivity index (χ2n) is 8.88. The largest absolute Gasteiger partial charge is 0.452 e. The van der Waals surface area contributed by atoms with Crippen molar-refractivity contribution in [2.45, 2.75) is 39.2 Å². The zero-order valence-corrected chi connectivity index (χ0v) is 21.1. The highest BCUT2D eigenvalue weighted by Crippen LogP contribution is 2.22. The summed E-state index contributed by atoms with van der Waals surface area (Å²) in [7, 11) is 0. The summed E-state index contributed by atoms with van der Waals surface area (Å²) in [5.41, 5.74) is -1.24. The van der Waals surface area contributed by atoms with Crippen LogP contribution >= 0.6 is 0 Å². The smallest absolute Gasteiger partial charge is 0.444 e. The van der Waals surface area contributed by atoms with E-state index in [0.29, 0.717) is 16.2 Å². The molecule has 0 bridgehead atoms. The van der Waals surface area contributed by atoms with E-state index in [4.69, 9.17) is 4.74 Å². The highest BCUT2D eigenvalue weighted by Gasteiger charge is 2.45. The van der Waals surface area contributed by atoms with Gasteiger partial charge in [-0.3, -0.25) is 24.3 Å². The lowest BCUT2D eigenvalue weighted by atomic mass is 9.99. The summed E-state index contributed by atoms with van der Waals surface area (Å²) in [4.78, 5) is 54.0. The number of ketones is 1. The summed E-state index contributed by atoms with van der Waals surface area (Å²) in [5.74, 6) is -6.90. The Morgan fingerprint density at radius 1 is 1.02 bits per heavy atom. The first-order valence-electron chi connectivity index (χ1n) is 11.7. The summed E-state index contributed by atoms with van der Waals surface area (Å²) < 4.78 is 72.5. The highest BCUT2D eigenvalue weighted by atomic mass is 19.4. The lowest BCUT2D eigenvalue weighted by Gasteiger charge is -2.23. The van der Waals surface area contributed by atoms with Gasteiger partial charge in [0.2, 0.25) is 5.91 Å². The summed E-state index contributed by atoms with van der Waals surface area (Å²) in [6, 6.07) is 8.74. The minimum Gasteiger partial charge on any atom is -0.444 e. The van der Waals surface area contributed by atoms with Crippen molar-refractivity contribution in [3.05, 3.63) is 82.3 Å². The number of carbonyl (C=O) groups is 3.